The Morgan fingerprint density at radius 3 is 3.00 bits per heavy atom. The lowest BCUT2D eigenvalue weighted by molar-refractivity contribution is 0.703. The van der Waals surface area contributed by atoms with Gasteiger partial charge >= 0.3 is 0 Å². The van der Waals surface area contributed by atoms with Crippen LogP contribution in [0.25, 0.3) is 22.6 Å². The van der Waals surface area contributed by atoms with Crippen molar-refractivity contribution in [1.29, 1.82) is 5.26 Å². The third-order valence-corrected chi connectivity index (χ3v) is 3.57. The summed E-state index contributed by atoms with van der Waals surface area (Å²) in [5.41, 5.74) is 5.26. The predicted molar refractivity (Wildman–Crippen MR) is 75.8 cm³/mol. The number of hydrogen-bond acceptors (Lipinski definition) is 4. The minimum atomic E-state index is 0.637. The van der Waals surface area contributed by atoms with Gasteiger partial charge in [0.15, 0.2) is 5.82 Å². The molecular weight excluding hydrogens is 256 g/mol. The summed E-state index contributed by atoms with van der Waals surface area (Å²) in [6.45, 7) is 3.04. The van der Waals surface area contributed by atoms with Gasteiger partial charge in [-0.3, -0.25) is 0 Å². The van der Waals surface area contributed by atoms with E-state index in [1.54, 1.807) is 11.3 Å². The Balaban J connectivity index is 2.26. The van der Waals surface area contributed by atoms with Crippen LogP contribution in [-0.4, -0.2) is 14.5 Å². The zero-order chi connectivity index (χ0) is 13.2. The van der Waals surface area contributed by atoms with Gasteiger partial charge < -0.3 is 4.57 Å². The number of hydrogen-bond donors (Lipinski definition) is 0. The molecule has 19 heavy (non-hydrogen) atoms. The summed E-state index contributed by atoms with van der Waals surface area (Å²) in [6.07, 6.45) is 1.03. The number of thiazole rings is 1. The van der Waals surface area contributed by atoms with Crippen molar-refractivity contribution in [3.8, 4) is 17.6 Å². The van der Waals surface area contributed by atoms with Crippen molar-refractivity contribution < 1.29 is 0 Å². The molecule has 0 atom stereocenters. The summed E-state index contributed by atoms with van der Waals surface area (Å²) in [6, 6.07) is 7.78. The Morgan fingerprint density at radius 2 is 2.32 bits per heavy atom. The van der Waals surface area contributed by atoms with Crippen LogP contribution in [0.5, 0.6) is 0 Å². The number of benzene rings is 1. The maximum absolute atomic E-state index is 8.97. The van der Waals surface area contributed by atoms with Gasteiger partial charge in [0.05, 0.1) is 28.2 Å². The van der Waals surface area contributed by atoms with Gasteiger partial charge in [-0.15, -0.1) is 11.3 Å². The molecular formula is C14H12N4S. The van der Waals surface area contributed by atoms with E-state index in [4.69, 9.17) is 5.26 Å². The van der Waals surface area contributed by atoms with Crippen molar-refractivity contribution in [1.82, 2.24) is 14.5 Å². The van der Waals surface area contributed by atoms with Crippen LogP contribution in [0.3, 0.4) is 0 Å². The second kappa shape index (κ2) is 4.82. The number of imidazole rings is 1. The molecule has 5 heteroatoms. The van der Waals surface area contributed by atoms with Crippen LogP contribution in [0.4, 0.5) is 0 Å². The van der Waals surface area contributed by atoms with Crippen molar-refractivity contribution in [2.45, 2.75) is 19.9 Å². The number of rotatable bonds is 3. The molecule has 3 rings (SSSR count). The number of aryl methyl sites for hydroxylation is 1. The van der Waals surface area contributed by atoms with E-state index in [9.17, 15) is 0 Å². The topological polar surface area (TPSA) is 54.5 Å². The molecule has 0 fully saturated rings. The summed E-state index contributed by atoms with van der Waals surface area (Å²) in [7, 11) is 0. The molecule has 0 unspecified atom stereocenters. The Kier molecular flexibility index (Phi) is 3.02. The monoisotopic (exact) mass is 268 g/mol. The minimum absolute atomic E-state index is 0.637. The fourth-order valence-electron chi connectivity index (χ4n) is 2.17. The van der Waals surface area contributed by atoms with Crippen molar-refractivity contribution in [3.63, 3.8) is 0 Å². The average Bonchev–Trinajstić information content (AvgIpc) is 3.06. The van der Waals surface area contributed by atoms with Gasteiger partial charge in [0, 0.05) is 11.9 Å². The predicted octanol–water partition coefficient (Wildman–Crippen LogP) is 3.44. The van der Waals surface area contributed by atoms with Crippen LogP contribution >= 0.6 is 11.3 Å². The van der Waals surface area contributed by atoms with E-state index in [2.05, 4.69) is 27.5 Å². The largest absolute Gasteiger partial charge is 0.323 e. The van der Waals surface area contributed by atoms with Gasteiger partial charge in [-0.05, 0) is 24.6 Å². The Bertz CT molecular complexity index is 750. The molecule has 0 saturated carbocycles. The van der Waals surface area contributed by atoms with E-state index in [0.29, 0.717) is 5.56 Å². The van der Waals surface area contributed by atoms with Crippen LogP contribution < -0.4 is 0 Å². The van der Waals surface area contributed by atoms with Crippen molar-refractivity contribution in [2.24, 2.45) is 0 Å². The number of fused-ring (bicyclic) bond motifs is 1. The minimum Gasteiger partial charge on any atom is -0.323 e. The molecule has 4 nitrogen and oxygen atoms in total. The molecule has 0 aliphatic carbocycles. The summed E-state index contributed by atoms with van der Waals surface area (Å²) >= 11 is 1.56. The highest BCUT2D eigenvalue weighted by Gasteiger charge is 2.13. The molecule has 94 valence electrons. The van der Waals surface area contributed by atoms with Crippen LogP contribution in [-0.2, 0) is 6.54 Å². The zero-order valence-corrected chi connectivity index (χ0v) is 11.3. The van der Waals surface area contributed by atoms with Crippen molar-refractivity contribution >= 4 is 22.4 Å². The highest BCUT2D eigenvalue weighted by Crippen LogP contribution is 2.25. The van der Waals surface area contributed by atoms with Gasteiger partial charge in [-0.25, -0.2) is 9.97 Å². The highest BCUT2D eigenvalue weighted by atomic mass is 32.1. The summed E-state index contributed by atoms with van der Waals surface area (Å²) in [5, 5.41) is 11.0. The first-order valence-corrected chi connectivity index (χ1v) is 7.06. The van der Waals surface area contributed by atoms with Crippen molar-refractivity contribution in [2.75, 3.05) is 0 Å². The van der Waals surface area contributed by atoms with E-state index in [-0.39, 0.29) is 0 Å². The third-order valence-electron chi connectivity index (χ3n) is 2.99. The molecule has 0 spiro atoms. The van der Waals surface area contributed by atoms with Crippen LogP contribution in [0.15, 0.2) is 29.1 Å². The third kappa shape index (κ3) is 2.00. The molecule has 2 aromatic heterocycles. The lowest BCUT2D eigenvalue weighted by Gasteiger charge is -2.05. The second-order valence-corrected chi connectivity index (χ2v) is 4.99. The van der Waals surface area contributed by atoms with Crippen LogP contribution in [0, 0.1) is 11.3 Å². The van der Waals surface area contributed by atoms with E-state index in [0.717, 1.165) is 35.5 Å². The first-order valence-electron chi connectivity index (χ1n) is 6.12. The summed E-state index contributed by atoms with van der Waals surface area (Å²) < 4.78 is 2.17. The maximum atomic E-state index is 8.97. The first-order chi connectivity index (χ1) is 9.33. The second-order valence-electron chi connectivity index (χ2n) is 4.28. The Morgan fingerprint density at radius 1 is 1.42 bits per heavy atom. The fourth-order valence-corrected chi connectivity index (χ4v) is 2.70. The van der Waals surface area contributed by atoms with Crippen LogP contribution in [0.2, 0.25) is 0 Å². The maximum Gasteiger partial charge on any atom is 0.160 e. The molecule has 0 radical (unpaired) electrons. The number of aromatic nitrogens is 3. The molecule has 2 heterocycles. The Labute approximate surface area is 115 Å². The lowest BCUT2D eigenvalue weighted by Crippen LogP contribution is -1.99. The SMILES string of the molecule is CCCn1c(-c2cscn2)nc2cc(C#N)ccc21. The van der Waals surface area contributed by atoms with Gasteiger partial charge in [-0.1, -0.05) is 6.92 Å². The van der Waals surface area contributed by atoms with E-state index in [1.807, 2.05) is 29.1 Å². The average molecular weight is 268 g/mol. The molecule has 0 aliphatic rings. The van der Waals surface area contributed by atoms with Gasteiger partial charge in [-0.2, -0.15) is 5.26 Å². The normalized spacial score (nSPS) is 10.7. The lowest BCUT2D eigenvalue weighted by atomic mass is 10.2. The van der Waals surface area contributed by atoms with Gasteiger partial charge in [0.2, 0.25) is 0 Å². The van der Waals surface area contributed by atoms with E-state index >= 15 is 0 Å². The standard InChI is InChI=1S/C14H12N4S/c1-2-5-18-13-4-3-10(7-15)6-11(13)17-14(18)12-8-19-9-16-12/h3-4,6,8-9H,2,5H2,1H3. The summed E-state index contributed by atoms with van der Waals surface area (Å²) in [5.74, 6) is 0.883. The molecule has 0 amide bonds. The molecule has 0 saturated heterocycles. The number of nitriles is 1. The fraction of sp³-hybridized carbons (Fsp3) is 0.214. The zero-order valence-electron chi connectivity index (χ0n) is 10.5. The molecule has 0 bridgehead atoms. The molecule has 3 aromatic rings. The molecule has 1 aromatic carbocycles. The quantitative estimate of drug-likeness (QED) is 0.731. The van der Waals surface area contributed by atoms with Gasteiger partial charge in [0.1, 0.15) is 5.69 Å². The Hall–Kier alpha value is -2.19. The highest BCUT2D eigenvalue weighted by molar-refractivity contribution is 7.07. The summed E-state index contributed by atoms with van der Waals surface area (Å²) in [4.78, 5) is 8.98. The molecule has 0 N–H and O–H groups in total. The van der Waals surface area contributed by atoms with E-state index in [1.165, 1.54) is 0 Å². The van der Waals surface area contributed by atoms with Crippen LogP contribution in [0.1, 0.15) is 18.9 Å². The first kappa shape index (κ1) is 11.9. The smallest absolute Gasteiger partial charge is 0.160 e. The van der Waals surface area contributed by atoms with E-state index < -0.39 is 0 Å². The van der Waals surface area contributed by atoms with Crippen molar-refractivity contribution in [3.05, 3.63) is 34.7 Å². The molecule has 0 aliphatic heterocycles. The number of nitrogens with zero attached hydrogens (tertiary/aromatic N) is 4. The van der Waals surface area contributed by atoms with Gasteiger partial charge in [0.25, 0.3) is 0 Å².